The van der Waals surface area contributed by atoms with Crippen LogP contribution < -0.4 is 0 Å². The fourth-order valence-electron chi connectivity index (χ4n) is 1.98. The first-order valence-electron chi connectivity index (χ1n) is 6.47. The quantitative estimate of drug-likeness (QED) is 0.830. The topological polar surface area (TPSA) is 61.2 Å². The molecule has 0 amide bonds. The molecule has 1 saturated carbocycles. The molecule has 0 heterocycles. The van der Waals surface area contributed by atoms with Crippen LogP contribution in [0.5, 0.6) is 0 Å². The van der Waals surface area contributed by atoms with Gasteiger partial charge in [-0.1, -0.05) is 0 Å². The SMILES string of the molecule is CC(C)N(CC1CC1)S(=O)(=O)c1ccc(C#N)cc1. The van der Waals surface area contributed by atoms with Gasteiger partial charge in [-0.05, 0) is 56.9 Å². The Hall–Kier alpha value is -1.38. The van der Waals surface area contributed by atoms with Crippen LogP contribution in [0.15, 0.2) is 29.2 Å². The summed E-state index contributed by atoms with van der Waals surface area (Å²) in [5.41, 5.74) is 0.470. The Labute approximate surface area is 114 Å². The molecule has 0 unspecified atom stereocenters. The van der Waals surface area contributed by atoms with Crippen LogP contribution in [0.1, 0.15) is 32.3 Å². The maximum absolute atomic E-state index is 12.6. The van der Waals surface area contributed by atoms with Crippen molar-refractivity contribution < 1.29 is 8.42 Å². The predicted octanol–water partition coefficient (Wildman–Crippen LogP) is 2.37. The van der Waals surface area contributed by atoms with Gasteiger partial charge in [0.2, 0.25) is 10.0 Å². The van der Waals surface area contributed by atoms with Gasteiger partial charge in [0.1, 0.15) is 0 Å². The van der Waals surface area contributed by atoms with E-state index in [0.29, 0.717) is 18.0 Å². The highest BCUT2D eigenvalue weighted by Gasteiger charge is 2.33. The summed E-state index contributed by atoms with van der Waals surface area (Å²) in [7, 11) is -3.46. The predicted molar refractivity (Wildman–Crippen MR) is 72.9 cm³/mol. The molecule has 0 spiro atoms. The van der Waals surface area contributed by atoms with Crippen molar-refractivity contribution in [3.8, 4) is 6.07 Å². The second kappa shape index (κ2) is 5.32. The van der Waals surface area contributed by atoms with Gasteiger partial charge in [0.15, 0.2) is 0 Å². The minimum absolute atomic E-state index is 0.0544. The molecule has 19 heavy (non-hydrogen) atoms. The van der Waals surface area contributed by atoms with Crippen molar-refractivity contribution in [1.82, 2.24) is 4.31 Å². The van der Waals surface area contributed by atoms with E-state index in [1.165, 1.54) is 12.1 Å². The van der Waals surface area contributed by atoms with E-state index >= 15 is 0 Å². The Bertz CT molecular complexity index is 581. The van der Waals surface area contributed by atoms with Gasteiger partial charge in [-0.25, -0.2) is 8.42 Å². The lowest BCUT2D eigenvalue weighted by Gasteiger charge is -2.25. The first-order chi connectivity index (χ1) is 8.95. The highest BCUT2D eigenvalue weighted by molar-refractivity contribution is 7.89. The van der Waals surface area contributed by atoms with Gasteiger partial charge in [-0.3, -0.25) is 0 Å². The maximum atomic E-state index is 12.6. The Kier molecular flexibility index (Phi) is 3.93. The van der Waals surface area contributed by atoms with Crippen molar-refractivity contribution in [2.45, 2.75) is 37.6 Å². The van der Waals surface area contributed by atoms with E-state index in [1.807, 2.05) is 19.9 Å². The summed E-state index contributed by atoms with van der Waals surface area (Å²) < 4.78 is 26.7. The van der Waals surface area contributed by atoms with E-state index in [4.69, 9.17) is 5.26 Å². The lowest BCUT2D eigenvalue weighted by molar-refractivity contribution is 0.342. The molecule has 0 saturated heterocycles. The monoisotopic (exact) mass is 278 g/mol. The molecule has 1 fully saturated rings. The first kappa shape index (κ1) is 14.0. The van der Waals surface area contributed by atoms with Crippen LogP contribution in [0.25, 0.3) is 0 Å². The molecule has 0 aliphatic heterocycles. The zero-order chi connectivity index (χ0) is 14.0. The molecular weight excluding hydrogens is 260 g/mol. The summed E-state index contributed by atoms with van der Waals surface area (Å²) in [6.07, 6.45) is 2.23. The number of sulfonamides is 1. The second-order valence-corrected chi connectivity index (χ2v) is 7.14. The van der Waals surface area contributed by atoms with Gasteiger partial charge in [-0.2, -0.15) is 9.57 Å². The van der Waals surface area contributed by atoms with Gasteiger partial charge in [0, 0.05) is 12.6 Å². The van der Waals surface area contributed by atoms with E-state index in [-0.39, 0.29) is 10.9 Å². The van der Waals surface area contributed by atoms with Crippen LogP contribution in [0.3, 0.4) is 0 Å². The fourth-order valence-corrected chi connectivity index (χ4v) is 3.69. The normalized spacial score (nSPS) is 15.7. The summed E-state index contributed by atoms with van der Waals surface area (Å²) in [6, 6.07) is 8.05. The molecule has 4 nitrogen and oxygen atoms in total. The molecule has 5 heteroatoms. The minimum atomic E-state index is -3.46. The second-order valence-electron chi connectivity index (χ2n) is 5.25. The third-order valence-corrected chi connectivity index (χ3v) is 5.36. The van der Waals surface area contributed by atoms with Gasteiger partial charge < -0.3 is 0 Å². The summed E-state index contributed by atoms with van der Waals surface area (Å²) >= 11 is 0. The Morgan fingerprint density at radius 2 is 1.89 bits per heavy atom. The molecule has 0 bridgehead atoms. The molecule has 1 aromatic rings. The molecule has 1 aromatic carbocycles. The zero-order valence-corrected chi connectivity index (χ0v) is 12.0. The molecule has 2 rings (SSSR count). The lowest BCUT2D eigenvalue weighted by Crippen LogP contribution is -2.38. The average molecular weight is 278 g/mol. The van der Waals surface area contributed by atoms with Crippen LogP contribution in [-0.4, -0.2) is 25.3 Å². The number of rotatable bonds is 5. The minimum Gasteiger partial charge on any atom is -0.207 e. The van der Waals surface area contributed by atoms with Crippen LogP contribution in [0.2, 0.25) is 0 Å². The van der Waals surface area contributed by atoms with Crippen molar-refractivity contribution in [2.75, 3.05) is 6.54 Å². The largest absolute Gasteiger partial charge is 0.243 e. The van der Waals surface area contributed by atoms with Crippen LogP contribution in [0, 0.1) is 17.2 Å². The third-order valence-electron chi connectivity index (χ3n) is 3.30. The van der Waals surface area contributed by atoms with E-state index < -0.39 is 10.0 Å². The Morgan fingerprint density at radius 3 is 2.32 bits per heavy atom. The van der Waals surface area contributed by atoms with Gasteiger partial charge >= 0.3 is 0 Å². The molecule has 102 valence electrons. The fraction of sp³-hybridized carbons (Fsp3) is 0.500. The number of nitrogens with zero attached hydrogens (tertiary/aromatic N) is 2. The van der Waals surface area contributed by atoms with Crippen molar-refractivity contribution in [2.24, 2.45) is 5.92 Å². The van der Waals surface area contributed by atoms with Crippen LogP contribution in [0.4, 0.5) is 0 Å². The third kappa shape index (κ3) is 3.14. The zero-order valence-electron chi connectivity index (χ0n) is 11.2. The summed E-state index contributed by atoms with van der Waals surface area (Å²) in [5, 5.41) is 8.75. The van der Waals surface area contributed by atoms with E-state index in [1.54, 1.807) is 16.4 Å². The standard InChI is InChI=1S/C14H18N2O2S/c1-11(2)16(10-13-3-4-13)19(17,18)14-7-5-12(9-15)6-8-14/h5-8,11,13H,3-4,10H2,1-2H3. The van der Waals surface area contributed by atoms with Crippen LogP contribution in [-0.2, 0) is 10.0 Å². The molecule has 0 atom stereocenters. The maximum Gasteiger partial charge on any atom is 0.243 e. The van der Waals surface area contributed by atoms with E-state index in [9.17, 15) is 8.42 Å². The van der Waals surface area contributed by atoms with Gasteiger partial charge in [0.25, 0.3) is 0 Å². The number of hydrogen-bond acceptors (Lipinski definition) is 3. The molecule has 1 aliphatic rings. The highest BCUT2D eigenvalue weighted by Crippen LogP contribution is 2.32. The molecular formula is C14H18N2O2S. The highest BCUT2D eigenvalue weighted by atomic mass is 32.2. The Balaban J connectivity index is 2.29. The lowest BCUT2D eigenvalue weighted by atomic mass is 10.2. The molecule has 1 aliphatic carbocycles. The molecule has 0 aromatic heterocycles. The molecule has 0 N–H and O–H groups in total. The Morgan fingerprint density at radius 1 is 1.32 bits per heavy atom. The van der Waals surface area contributed by atoms with Crippen molar-refractivity contribution in [1.29, 1.82) is 5.26 Å². The number of benzene rings is 1. The summed E-state index contributed by atoms with van der Waals surface area (Å²) in [5.74, 6) is 0.510. The first-order valence-corrected chi connectivity index (χ1v) is 7.91. The van der Waals surface area contributed by atoms with E-state index in [2.05, 4.69) is 0 Å². The van der Waals surface area contributed by atoms with Gasteiger partial charge in [-0.15, -0.1) is 0 Å². The summed E-state index contributed by atoms with van der Waals surface area (Å²) in [6.45, 7) is 4.38. The molecule has 0 radical (unpaired) electrons. The van der Waals surface area contributed by atoms with Crippen molar-refractivity contribution >= 4 is 10.0 Å². The van der Waals surface area contributed by atoms with Gasteiger partial charge in [0.05, 0.1) is 16.5 Å². The number of nitriles is 1. The van der Waals surface area contributed by atoms with E-state index in [0.717, 1.165) is 12.8 Å². The van der Waals surface area contributed by atoms with Crippen molar-refractivity contribution in [3.63, 3.8) is 0 Å². The average Bonchev–Trinajstić information content (AvgIpc) is 3.19. The summed E-state index contributed by atoms with van der Waals surface area (Å²) in [4.78, 5) is 0.265. The van der Waals surface area contributed by atoms with Crippen molar-refractivity contribution in [3.05, 3.63) is 29.8 Å². The number of hydrogen-bond donors (Lipinski definition) is 0. The van der Waals surface area contributed by atoms with Crippen LogP contribution >= 0.6 is 0 Å². The smallest absolute Gasteiger partial charge is 0.207 e.